The maximum atomic E-state index is 14.5. The molecule has 0 saturated carbocycles. The fourth-order valence-corrected chi connectivity index (χ4v) is 3.72. The number of nitriles is 1. The number of nitro groups is 1. The Labute approximate surface area is 172 Å². The van der Waals surface area contributed by atoms with Crippen molar-refractivity contribution in [2.45, 2.75) is 10.2 Å². The Bertz CT molecular complexity index is 1410. The maximum absolute atomic E-state index is 14.5. The Morgan fingerprint density at radius 1 is 1.07 bits per heavy atom. The second-order valence-corrected chi connectivity index (χ2v) is 6.98. The van der Waals surface area contributed by atoms with Crippen LogP contribution in [0.25, 0.3) is 16.6 Å². The molecule has 2 heterocycles. The molecule has 0 atom stereocenters. The number of rotatable bonds is 4. The monoisotopic (exact) mass is 419 g/mol. The molecule has 0 amide bonds. The first-order valence-corrected chi connectivity index (χ1v) is 9.31. The van der Waals surface area contributed by atoms with Crippen molar-refractivity contribution in [3.63, 3.8) is 0 Å². The van der Waals surface area contributed by atoms with E-state index in [1.54, 1.807) is 36.4 Å². The molecule has 0 N–H and O–H groups in total. The van der Waals surface area contributed by atoms with E-state index in [2.05, 4.69) is 9.97 Å². The van der Waals surface area contributed by atoms with E-state index in [9.17, 15) is 19.3 Å². The molecule has 8 nitrogen and oxygen atoms in total. The van der Waals surface area contributed by atoms with Crippen molar-refractivity contribution in [1.82, 2.24) is 14.5 Å². The summed E-state index contributed by atoms with van der Waals surface area (Å²) in [6.45, 7) is 0. The molecule has 4 aromatic rings. The van der Waals surface area contributed by atoms with Gasteiger partial charge in [-0.1, -0.05) is 24.3 Å². The highest BCUT2D eigenvalue weighted by atomic mass is 32.2. The number of hydrogen-bond acceptors (Lipinski definition) is 7. The largest absolute Gasteiger partial charge is 0.305 e. The molecule has 30 heavy (non-hydrogen) atoms. The normalized spacial score (nSPS) is 10.7. The van der Waals surface area contributed by atoms with Crippen LogP contribution in [0.1, 0.15) is 5.69 Å². The van der Waals surface area contributed by atoms with Gasteiger partial charge in [-0.05, 0) is 42.1 Å². The van der Waals surface area contributed by atoms with Gasteiger partial charge in [-0.25, -0.2) is 14.4 Å². The zero-order valence-corrected chi connectivity index (χ0v) is 15.8. The van der Waals surface area contributed by atoms with Gasteiger partial charge in [-0.3, -0.25) is 19.5 Å². The molecular weight excluding hydrogens is 409 g/mol. The van der Waals surface area contributed by atoms with Crippen molar-refractivity contribution < 1.29 is 9.31 Å². The first-order chi connectivity index (χ1) is 14.5. The van der Waals surface area contributed by atoms with Crippen LogP contribution >= 0.6 is 11.8 Å². The minimum absolute atomic E-state index is 0.00525. The van der Waals surface area contributed by atoms with Crippen molar-refractivity contribution in [3.8, 4) is 11.8 Å². The highest BCUT2D eigenvalue weighted by molar-refractivity contribution is 7.99. The fourth-order valence-electron chi connectivity index (χ4n) is 2.84. The van der Waals surface area contributed by atoms with Crippen LogP contribution in [0.4, 0.5) is 10.1 Å². The molecule has 0 saturated heterocycles. The molecule has 2 aromatic carbocycles. The average Bonchev–Trinajstić information content (AvgIpc) is 2.74. The van der Waals surface area contributed by atoms with Crippen LogP contribution in [0.3, 0.4) is 0 Å². The number of pyridine rings is 1. The number of benzene rings is 2. The van der Waals surface area contributed by atoms with Gasteiger partial charge < -0.3 is 0 Å². The Morgan fingerprint density at radius 3 is 2.53 bits per heavy atom. The first kappa shape index (κ1) is 19.2. The Hall–Kier alpha value is -4.10. The standard InChI is InChI=1S/C20H10FN5O3S/c21-13-6-2-4-8-16(13)25-19(27)12-5-1-3-7-14(12)24-20(25)30-18-10-9-17(26(28)29)15(11-22)23-18/h1-10H. The summed E-state index contributed by atoms with van der Waals surface area (Å²) in [4.78, 5) is 31.9. The van der Waals surface area contributed by atoms with Crippen LogP contribution in [0.2, 0.25) is 0 Å². The second kappa shape index (κ2) is 7.73. The summed E-state index contributed by atoms with van der Waals surface area (Å²) in [7, 11) is 0. The smallest absolute Gasteiger partial charge is 0.268 e. The predicted molar refractivity (Wildman–Crippen MR) is 107 cm³/mol. The number of aromatic nitrogens is 3. The van der Waals surface area contributed by atoms with Crippen molar-refractivity contribution in [2.24, 2.45) is 0 Å². The molecule has 4 rings (SSSR count). The summed E-state index contributed by atoms with van der Waals surface area (Å²) in [6.07, 6.45) is 0. The van der Waals surface area contributed by atoms with Crippen LogP contribution in [-0.2, 0) is 0 Å². The summed E-state index contributed by atoms with van der Waals surface area (Å²) in [5.74, 6) is -0.618. The Morgan fingerprint density at radius 2 is 1.80 bits per heavy atom. The van der Waals surface area contributed by atoms with Gasteiger partial charge in [-0.2, -0.15) is 5.26 Å². The zero-order chi connectivity index (χ0) is 21.3. The molecule has 0 aliphatic rings. The molecule has 0 aliphatic heterocycles. The van der Waals surface area contributed by atoms with Crippen molar-refractivity contribution >= 4 is 28.4 Å². The molecule has 0 unspecified atom stereocenters. The lowest BCUT2D eigenvalue weighted by atomic mass is 10.2. The highest BCUT2D eigenvalue weighted by Crippen LogP contribution is 2.29. The molecular formula is C20H10FN5O3S. The zero-order valence-electron chi connectivity index (χ0n) is 15.0. The van der Waals surface area contributed by atoms with E-state index in [-0.39, 0.29) is 21.6 Å². The third kappa shape index (κ3) is 3.38. The van der Waals surface area contributed by atoms with E-state index in [0.29, 0.717) is 10.9 Å². The topological polar surface area (TPSA) is 115 Å². The van der Waals surface area contributed by atoms with Crippen molar-refractivity contribution in [3.05, 3.63) is 92.6 Å². The first-order valence-electron chi connectivity index (χ1n) is 8.49. The van der Waals surface area contributed by atoms with Gasteiger partial charge in [0.2, 0.25) is 5.69 Å². The van der Waals surface area contributed by atoms with Crippen molar-refractivity contribution in [1.29, 1.82) is 5.26 Å². The summed E-state index contributed by atoms with van der Waals surface area (Å²) < 4.78 is 15.6. The van der Waals surface area contributed by atoms with Gasteiger partial charge >= 0.3 is 5.69 Å². The number of halogens is 1. The lowest BCUT2D eigenvalue weighted by molar-refractivity contribution is -0.385. The summed E-state index contributed by atoms with van der Waals surface area (Å²) >= 11 is 0.897. The van der Waals surface area contributed by atoms with E-state index in [1.807, 2.05) is 0 Å². The van der Waals surface area contributed by atoms with Crippen LogP contribution < -0.4 is 5.56 Å². The van der Waals surface area contributed by atoms with E-state index in [1.165, 1.54) is 24.3 Å². The van der Waals surface area contributed by atoms with Gasteiger partial charge in [-0.15, -0.1) is 0 Å². The molecule has 0 spiro atoms. The van der Waals surface area contributed by atoms with E-state index in [0.717, 1.165) is 22.4 Å². The fraction of sp³-hybridized carbons (Fsp3) is 0. The summed E-state index contributed by atoms with van der Waals surface area (Å²) in [6, 6.07) is 16.6. The SMILES string of the molecule is N#Cc1nc(Sc2nc3ccccc3c(=O)n2-c2ccccc2F)ccc1[N+](=O)[O-]. The minimum atomic E-state index is -0.705. The lowest BCUT2D eigenvalue weighted by Crippen LogP contribution is -2.22. The van der Waals surface area contributed by atoms with E-state index < -0.39 is 22.0 Å². The van der Waals surface area contributed by atoms with Crippen LogP contribution in [0.5, 0.6) is 0 Å². The maximum Gasteiger partial charge on any atom is 0.305 e. The van der Waals surface area contributed by atoms with E-state index >= 15 is 0 Å². The molecule has 2 aromatic heterocycles. The number of hydrogen-bond donors (Lipinski definition) is 0. The van der Waals surface area contributed by atoms with Gasteiger partial charge in [0.25, 0.3) is 5.56 Å². The molecule has 10 heteroatoms. The summed E-state index contributed by atoms with van der Waals surface area (Å²) in [5.41, 5.74) is -0.869. The molecule has 146 valence electrons. The number of para-hydroxylation sites is 2. The van der Waals surface area contributed by atoms with Gasteiger partial charge in [0.05, 0.1) is 21.5 Å². The third-order valence-corrected chi connectivity index (χ3v) is 5.08. The number of nitrogens with zero attached hydrogens (tertiary/aromatic N) is 5. The van der Waals surface area contributed by atoms with E-state index in [4.69, 9.17) is 5.26 Å². The molecule has 0 bridgehead atoms. The Balaban J connectivity index is 1.94. The van der Waals surface area contributed by atoms with Crippen LogP contribution in [-0.4, -0.2) is 19.5 Å². The van der Waals surface area contributed by atoms with Crippen LogP contribution in [0.15, 0.2) is 75.6 Å². The van der Waals surface area contributed by atoms with Crippen molar-refractivity contribution in [2.75, 3.05) is 0 Å². The average molecular weight is 419 g/mol. The minimum Gasteiger partial charge on any atom is -0.268 e. The van der Waals surface area contributed by atoms with Crippen LogP contribution in [0, 0.1) is 27.3 Å². The second-order valence-electron chi connectivity index (χ2n) is 5.99. The highest BCUT2D eigenvalue weighted by Gasteiger charge is 2.20. The predicted octanol–water partition coefficient (Wildman–Crippen LogP) is 3.85. The third-order valence-electron chi connectivity index (χ3n) is 4.19. The molecule has 0 radical (unpaired) electrons. The van der Waals surface area contributed by atoms with Gasteiger partial charge in [0, 0.05) is 6.07 Å². The summed E-state index contributed by atoms with van der Waals surface area (Å²) in [5, 5.41) is 20.8. The lowest BCUT2D eigenvalue weighted by Gasteiger charge is -2.13. The number of fused-ring (bicyclic) bond motifs is 1. The van der Waals surface area contributed by atoms with Gasteiger partial charge in [0.1, 0.15) is 16.9 Å². The quantitative estimate of drug-likeness (QED) is 0.280. The molecule has 0 aliphatic carbocycles. The Kier molecular flexibility index (Phi) is 4.95. The van der Waals surface area contributed by atoms with Gasteiger partial charge in [0.15, 0.2) is 5.16 Å². The molecule has 0 fully saturated rings.